The summed E-state index contributed by atoms with van der Waals surface area (Å²) in [5, 5.41) is 12.2. The van der Waals surface area contributed by atoms with E-state index in [1.54, 1.807) is 37.4 Å². The number of anilines is 2. The number of carbonyl (C=O) groups is 1. The number of thiazole rings is 2. The lowest BCUT2D eigenvalue weighted by Crippen LogP contribution is -2.30. The van der Waals surface area contributed by atoms with Crippen molar-refractivity contribution < 1.29 is 13.2 Å². The first-order valence-electron chi connectivity index (χ1n) is 7.92. The van der Waals surface area contributed by atoms with Gasteiger partial charge in [-0.25, -0.2) is 23.1 Å². The maximum atomic E-state index is 12.2. The molecule has 0 spiro atoms. The molecule has 0 aliphatic carbocycles. The van der Waals surface area contributed by atoms with Crippen LogP contribution in [-0.2, 0) is 16.6 Å². The van der Waals surface area contributed by atoms with Gasteiger partial charge in [-0.15, -0.1) is 22.7 Å². The summed E-state index contributed by atoms with van der Waals surface area (Å²) in [5.41, 5.74) is 1.36. The molecule has 2 heterocycles. The van der Waals surface area contributed by atoms with E-state index in [9.17, 15) is 13.2 Å². The second kappa shape index (κ2) is 8.05. The number of amides is 1. The summed E-state index contributed by atoms with van der Waals surface area (Å²) in [6.45, 7) is 2.13. The molecule has 2 aromatic heterocycles. The maximum absolute atomic E-state index is 12.2. The van der Waals surface area contributed by atoms with Crippen molar-refractivity contribution in [1.29, 1.82) is 5.26 Å². The van der Waals surface area contributed by atoms with Gasteiger partial charge in [0.15, 0.2) is 5.13 Å². The predicted octanol–water partition coefficient (Wildman–Crippen LogP) is 2.81. The van der Waals surface area contributed by atoms with Crippen LogP contribution in [-0.4, -0.2) is 30.5 Å². The van der Waals surface area contributed by atoms with Crippen molar-refractivity contribution in [1.82, 2.24) is 14.7 Å². The fraction of sp³-hybridized carbons (Fsp3) is 0.176. The smallest absolute Gasteiger partial charge is 0.284 e. The molecule has 0 aliphatic heterocycles. The number of carbonyl (C=O) groups excluding carboxylic acids is 1. The zero-order valence-electron chi connectivity index (χ0n) is 14.9. The Bertz CT molecular complexity index is 1130. The lowest BCUT2D eigenvalue weighted by Gasteiger charge is -2.20. The van der Waals surface area contributed by atoms with Gasteiger partial charge in [-0.3, -0.25) is 4.79 Å². The summed E-state index contributed by atoms with van der Waals surface area (Å²) in [6.07, 6.45) is 2.62. The first-order valence-corrected chi connectivity index (χ1v) is 11.5. The van der Waals surface area contributed by atoms with Crippen LogP contribution in [0, 0.1) is 18.3 Å². The quantitative estimate of drug-likeness (QED) is 0.635. The number of sulfonamides is 1. The highest BCUT2D eigenvalue weighted by atomic mass is 32.2. The van der Waals surface area contributed by atoms with Crippen LogP contribution in [0.2, 0.25) is 0 Å². The number of nitrogens with zero attached hydrogens (tertiary/aromatic N) is 4. The second-order valence-electron chi connectivity index (χ2n) is 5.78. The lowest BCUT2D eigenvalue weighted by molar-refractivity contribution is 0.0977. The molecule has 11 heteroatoms. The minimum Gasteiger partial charge on any atom is -0.311 e. The summed E-state index contributed by atoms with van der Waals surface area (Å²) in [5.74, 6) is -0.767. The Labute approximate surface area is 170 Å². The molecule has 0 atom stereocenters. The molecule has 8 nitrogen and oxygen atoms in total. The zero-order chi connectivity index (χ0) is 20.3. The van der Waals surface area contributed by atoms with Gasteiger partial charge in [-0.1, -0.05) is 0 Å². The number of nitriles is 1. The predicted molar refractivity (Wildman–Crippen MR) is 108 cm³/mol. The largest absolute Gasteiger partial charge is 0.311 e. The minimum absolute atomic E-state index is 0.0585. The number of aromatic nitrogens is 2. The molecule has 0 bridgehead atoms. The van der Waals surface area contributed by atoms with Gasteiger partial charge < -0.3 is 4.90 Å². The summed E-state index contributed by atoms with van der Waals surface area (Å²) < 4.78 is 24.7. The number of aryl methyl sites for hydroxylation is 1. The van der Waals surface area contributed by atoms with E-state index in [1.807, 2.05) is 15.0 Å². The standard InChI is InChI=1S/C17H15N5O3S3/c1-11-15(16(23)21-28(2,24)25)20-17(27-11)22(10-14-19-7-8-26-14)13-5-3-12(9-18)4-6-13/h3-8H,10H2,1-2H3,(H,21,23). The highest BCUT2D eigenvalue weighted by Gasteiger charge is 2.22. The highest BCUT2D eigenvalue weighted by molar-refractivity contribution is 7.89. The molecule has 0 saturated heterocycles. The van der Waals surface area contributed by atoms with E-state index in [1.165, 1.54) is 22.7 Å². The Kier molecular flexibility index (Phi) is 5.73. The van der Waals surface area contributed by atoms with E-state index in [0.29, 0.717) is 22.1 Å². The molecule has 0 radical (unpaired) electrons. The van der Waals surface area contributed by atoms with Crippen LogP contribution in [0.5, 0.6) is 0 Å². The topological polar surface area (TPSA) is 116 Å². The molecule has 28 heavy (non-hydrogen) atoms. The van der Waals surface area contributed by atoms with Gasteiger partial charge in [0.05, 0.1) is 24.4 Å². The van der Waals surface area contributed by atoms with Gasteiger partial charge in [-0.05, 0) is 31.2 Å². The van der Waals surface area contributed by atoms with E-state index < -0.39 is 15.9 Å². The van der Waals surface area contributed by atoms with Crippen molar-refractivity contribution in [3.8, 4) is 6.07 Å². The van der Waals surface area contributed by atoms with Crippen LogP contribution in [0.4, 0.5) is 10.8 Å². The number of hydrogen-bond acceptors (Lipinski definition) is 9. The zero-order valence-corrected chi connectivity index (χ0v) is 17.4. The molecule has 0 saturated carbocycles. The molecule has 0 unspecified atom stereocenters. The van der Waals surface area contributed by atoms with E-state index in [-0.39, 0.29) is 5.69 Å². The highest BCUT2D eigenvalue weighted by Crippen LogP contribution is 2.33. The Hall–Kier alpha value is -2.81. The average molecular weight is 434 g/mol. The summed E-state index contributed by atoms with van der Waals surface area (Å²) in [6, 6.07) is 9.05. The van der Waals surface area contributed by atoms with Gasteiger partial charge in [0.2, 0.25) is 10.0 Å². The van der Waals surface area contributed by atoms with E-state index in [2.05, 4.69) is 16.0 Å². The molecule has 1 aromatic carbocycles. The monoisotopic (exact) mass is 433 g/mol. The first kappa shape index (κ1) is 19.9. The third kappa shape index (κ3) is 4.72. The minimum atomic E-state index is -3.69. The molecule has 144 valence electrons. The number of benzene rings is 1. The van der Waals surface area contributed by atoms with Gasteiger partial charge in [0.25, 0.3) is 5.91 Å². The van der Waals surface area contributed by atoms with Crippen LogP contribution in [0.3, 0.4) is 0 Å². The summed E-state index contributed by atoms with van der Waals surface area (Å²) in [4.78, 5) is 23.4. The average Bonchev–Trinajstić information content (AvgIpc) is 3.28. The van der Waals surface area contributed by atoms with Crippen LogP contribution in [0.15, 0.2) is 35.8 Å². The van der Waals surface area contributed by atoms with Crippen LogP contribution in [0.25, 0.3) is 0 Å². The molecule has 1 amide bonds. The fourth-order valence-electron chi connectivity index (χ4n) is 2.38. The third-order valence-corrected chi connectivity index (χ3v) is 5.91. The van der Waals surface area contributed by atoms with E-state index in [4.69, 9.17) is 5.26 Å². The van der Waals surface area contributed by atoms with Gasteiger partial charge in [0, 0.05) is 22.1 Å². The molecule has 0 aliphatic rings. The molecule has 3 rings (SSSR count). The van der Waals surface area contributed by atoms with Crippen molar-refractivity contribution in [2.75, 3.05) is 11.2 Å². The van der Waals surface area contributed by atoms with Crippen molar-refractivity contribution in [3.05, 3.63) is 57.0 Å². The fourth-order valence-corrected chi connectivity index (χ4v) is 4.34. The maximum Gasteiger partial charge on any atom is 0.284 e. The number of nitrogens with one attached hydrogen (secondary N) is 1. The Morgan fingerprint density at radius 3 is 2.61 bits per heavy atom. The van der Waals surface area contributed by atoms with E-state index >= 15 is 0 Å². The Morgan fingerprint density at radius 1 is 1.32 bits per heavy atom. The van der Waals surface area contributed by atoms with Crippen LogP contribution >= 0.6 is 22.7 Å². The second-order valence-corrected chi connectivity index (χ2v) is 9.68. The lowest BCUT2D eigenvalue weighted by atomic mass is 10.2. The van der Waals surface area contributed by atoms with Crippen molar-refractivity contribution >= 4 is 49.4 Å². The van der Waals surface area contributed by atoms with Gasteiger partial charge in [0.1, 0.15) is 10.7 Å². The van der Waals surface area contributed by atoms with Crippen LogP contribution in [0.1, 0.15) is 25.9 Å². The molecule has 0 fully saturated rings. The molecule has 3 aromatic rings. The number of rotatable bonds is 6. The molecular weight excluding hydrogens is 418 g/mol. The van der Waals surface area contributed by atoms with Gasteiger partial charge in [-0.2, -0.15) is 5.26 Å². The summed E-state index contributed by atoms with van der Waals surface area (Å²) in [7, 11) is -3.69. The Balaban J connectivity index is 1.99. The molecular formula is C17H15N5O3S3. The first-order chi connectivity index (χ1) is 13.3. The van der Waals surface area contributed by atoms with Crippen molar-refractivity contribution in [3.63, 3.8) is 0 Å². The van der Waals surface area contributed by atoms with Crippen molar-refractivity contribution in [2.45, 2.75) is 13.5 Å². The Morgan fingerprint density at radius 2 is 2.04 bits per heavy atom. The normalized spacial score (nSPS) is 11.0. The SMILES string of the molecule is Cc1sc(N(Cc2nccs2)c2ccc(C#N)cc2)nc1C(=O)NS(C)(=O)=O. The third-order valence-electron chi connectivity index (χ3n) is 3.59. The van der Waals surface area contributed by atoms with Crippen molar-refractivity contribution in [2.24, 2.45) is 0 Å². The van der Waals surface area contributed by atoms with Crippen LogP contribution < -0.4 is 9.62 Å². The summed E-state index contributed by atoms with van der Waals surface area (Å²) >= 11 is 2.76. The number of hydrogen-bond donors (Lipinski definition) is 1. The van der Waals surface area contributed by atoms with Gasteiger partial charge >= 0.3 is 0 Å². The molecule has 1 N–H and O–H groups in total. The van der Waals surface area contributed by atoms with E-state index in [0.717, 1.165) is 17.0 Å².